The molecule has 0 radical (unpaired) electrons. The first-order valence-corrected chi connectivity index (χ1v) is 10.4. The highest BCUT2D eigenvalue weighted by Gasteiger charge is 2.30. The number of hydrogen-bond acceptors (Lipinski definition) is 5. The number of aryl methyl sites for hydroxylation is 1. The molecule has 0 spiro atoms. The van der Waals surface area contributed by atoms with Gasteiger partial charge in [0, 0.05) is 16.4 Å². The van der Waals surface area contributed by atoms with Crippen LogP contribution in [0.3, 0.4) is 0 Å². The van der Waals surface area contributed by atoms with Gasteiger partial charge < -0.3 is 5.32 Å². The Bertz CT molecular complexity index is 1060. The minimum absolute atomic E-state index is 0.0839. The van der Waals surface area contributed by atoms with Gasteiger partial charge in [-0.15, -0.1) is 11.3 Å². The number of nitrogens with one attached hydrogen (secondary N) is 1. The Balaban J connectivity index is 1.55. The van der Waals surface area contributed by atoms with Gasteiger partial charge in [-0.2, -0.15) is 10.1 Å². The van der Waals surface area contributed by atoms with Gasteiger partial charge in [-0.3, -0.25) is 4.79 Å². The first-order valence-electron chi connectivity index (χ1n) is 9.63. The number of amides is 1. The van der Waals surface area contributed by atoms with Crippen LogP contribution in [0.2, 0.25) is 0 Å². The van der Waals surface area contributed by atoms with Crippen LogP contribution in [-0.2, 0) is 11.2 Å². The molecular weight excluding hydrogens is 370 g/mol. The Kier molecular flexibility index (Phi) is 4.41. The fourth-order valence-corrected chi connectivity index (χ4v) is 4.97. The Labute approximate surface area is 167 Å². The van der Waals surface area contributed by atoms with E-state index >= 15 is 0 Å². The summed E-state index contributed by atoms with van der Waals surface area (Å²) in [6, 6.07) is 10.2. The summed E-state index contributed by atoms with van der Waals surface area (Å²) in [4.78, 5) is 22.8. The van der Waals surface area contributed by atoms with Crippen LogP contribution in [0.15, 0.2) is 41.5 Å². The van der Waals surface area contributed by atoms with Crippen molar-refractivity contribution in [2.75, 3.05) is 13.1 Å². The van der Waals surface area contributed by atoms with E-state index < -0.39 is 0 Å². The first-order chi connectivity index (χ1) is 13.7. The molecule has 0 aliphatic carbocycles. The van der Waals surface area contributed by atoms with Crippen molar-refractivity contribution in [1.82, 2.24) is 20.1 Å². The molecule has 4 heterocycles. The molecule has 1 saturated heterocycles. The highest BCUT2D eigenvalue weighted by atomic mass is 32.1. The molecule has 0 atom stereocenters. The van der Waals surface area contributed by atoms with E-state index in [9.17, 15) is 4.79 Å². The summed E-state index contributed by atoms with van der Waals surface area (Å²) in [7, 11) is 0. The van der Waals surface area contributed by atoms with Gasteiger partial charge in [-0.05, 0) is 32.9 Å². The Hall–Kier alpha value is -2.64. The summed E-state index contributed by atoms with van der Waals surface area (Å²) in [6.45, 7) is 3.99. The molecule has 7 heteroatoms. The van der Waals surface area contributed by atoms with Gasteiger partial charge in [0.05, 0.1) is 29.6 Å². The van der Waals surface area contributed by atoms with Crippen LogP contribution >= 0.6 is 11.3 Å². The second-order valence-corrected chi connectivity index (χ2v) is 8.47. The second kappa shape index (κ2) is 7.07. The van der Waals surface area contributed by atoms with Crippen LogP contribution in [0, 0.1) is 12.8 Å². The van der Waals surface area contributed by atoms with Crippen LogP contribution in [0.5, 0.6) is 0 Å². The Morgan fingerprint density at radius 1 is 1.18 bits per heavy atom. The number of aliphatic imine (C=N–C) groups is 1. The molecule has 142 valence electrons. The molecule has 0 saturated carbocycles. The van der Waals surface area contributed by atoms with E-state index in [2.05, 4.69) is 34.5 Å². The van der Waals surface area contributed by atoms with E-state index in [1.807, 2.05) is 29.1 Å². The normalized spacial score (nSPS) is 17.5. The number of nitrogens with zero attached hydrogens (tertiary/aromatic N) is 4. The summed E-state index contributed by atoms with van der Waals surface area (Å²) in [5.74, 6) is 0.991. The summed E-state index contributed by atoms with van der Waals surface area (Å²) < 4.78 is 1.89. The molecule has 3 aromatic rings. The highest BCUT2D eigenvalue weighted by molar-refractivity contribution is 7.15. The molecule has 1 N–H and O–H groups in total. The van der Waals surface area contributed by atoms with E-state index in [4.69, 9.17) is 4.98 Å². The van der Waals surface area contributed by atoms with Crippen LogP contribution in [0.1, 0.15) is 23.4 Å². The predicted molar refractivity (Wildman–Crippen MR) is 111 cm³/mol. The third kappa shape index (κ3) is 3.00. The van der Waals surface area contributed by atoms with E-state index in [0.717, 1.165) is 64.2 Å². The predicted octanol–water partition coefficient (Wildman–Crippen LogP) is 3.31. The lowest BCUT2D eigenvalue weighted by atomic mass is 9.95. The van der Waals surface area contributed by atoms with Gasteiger partial charge in [-0.1, -0.05) is 30.3 Å². The fraction of sp³-hybridized carbons (Fsp3) is 0.333. The van der Waals surface area contributed by atoms with Gasteiger partial charge in [0.1, 0.15) is 10.8 Å². The number of carbonyl (C=O) groups excluding carboxylic acids is 1. The zero-order chi connectivity index (χ0) is 19.1. The number of carbonyl (C=O) groups is 1. The molecule has 6 nitrogen and oxygen atoms in total. The Morgan fingerprint density at radius 3 is 2.75 bits per heavy atom. The average molecular weight is 392 g/mol. The molecule has 5 rings (SSSR count). The van der Waals surface area contributed by atoms with Crippen molar-refractivity contribution in [2.24, 2.45) is 10.9 Å². The molecule has 2 aliphatic heterocycles. The maximum atomic E-state index is 12.4. The van der Waals surface area contributed by atoms with Crippen LogP contribution < -0.4 is 5.32 Å². The van der Waals surface area contributed by atoms with Gasteiger partial charge in [-0.25, -0.2) is 9.67 Å². The average Bonchev–Trinajstić information content (AvgIpc) is 3.32. The summed E-state index contributed by atoms with van der Waals surface area (Å²) in [5, 5.41) is 8.90. The van der Waals surface area contributed by atoms with Gasteiger partial charge >= 0.3 is 0 Å². The number of fused-ring (bicyclic) bond motifs is 1. The quantitative estimate of drug-likeness (QED) is 0.743. The number of thiazole rings is 1. The van der Waals surface area contributed by atoms with Gasteiger partial charge in [0.2, 0.25) is 0 Å². The van der Waals surface area contributed by atoms with Crippen molar-refractivity contribution in [1.29, 1.82) is 0 Å². The largest absolute Gasteiger partial charge is 0.317 e. The molecule has 1 aromatic carbocycles. The standard InChI is InChI=1S/C21H21N5OS/c1-13-19(14-5-3-2-4-6-14)25-21(28-13)16-12-23-26-17(16)11-18(27)24-20(26)15-7-9-22-10-8-15/h2-6,12,15,22H,7-11H2,1H3. The number of hydrogen-bond donors (Lipinski definition) is 1. The number of benzene rings is 1. The maximum Gasteiger partial charge on any atom is 0.253 e. The van der Waals surface area contributed by atoms with Crippen molar-refractivity contribution in [2.45, 2.75) is 26.2 Å². The lowest BCUT2D eigenvalue weighted by molar-refractivity contribution is -0.117. The van der Waals surface area contributed by atoms with E-state index in [1.54, 1.807) is 11.3 Å². The molecule has 2 aromatic heterocycles. The molecule has 1 fully saturated rings. The van der Waals surface area contributed by atoms with Crippen LogP contribution in [0.25, 0.3) is 21.8 Å². The van der Waals surface area contributed by atoms with E-state index in [-0.39, 0.29) is 18.2 Å². The molecule has 0 bridgehead atoms. The minimum Gasteiger partial charge on any atom is -0.317 e. The third-order valence-electron chi connectivity index (χ3n) is 5.42. The zero-order valence-corrected chi connectivity index (χ0v) is 16.5. The summed E-state index contributed by atoms with van der Waals surface area (Å²) in [6.07, 6.45) is 4.09. The monoisotopic (exact) mass is 391 g/mol. The van der Waals surface area contributed by atoms with E-state index in [0.29, 0.717) is 0 Å². The molecule has 1 amide bonds. The molecule has 2 aliphatic rings. The lowest BCUT2D eigenvalue weighted by Gasteiger charge is -2.26. The minimum atomic E-state index is -0.0839. The highest BCUT2D eigenvalue weighted by Crippen LogP contribution is 2.36. The maximum absolute atomic E-state index is 12.4. The van der Waals surface area contributed by atoms with Crippen LogP contribution in [0.4, 0.5) is 0 Å². The first kappa shape index (κ1) is 17.5. The second-order valence-electron chi connectivity index (χ2n) is 7.27. The zero-order valence-electron chi connectivity index (χ0n) is 15.7. The molecule has 0 unspecified atom stereocenters. The molecule has 28 heavy (non-hydrogen) atoms. The number of piperidine rings is 1. The number of rotatable bonds is 3. The lowest BCUT2D eigenvalue weighted by Crippen LogP contribution is -2.38. The number of aromatic nitrogens is 3. The van der Waals surface area contributed by atoms with E-state index in [1.165, 1.54) is 0 Å². The smallest absolute Gasteiger partial charge is 0.253 e. The van der Waals surface area contributed by atoms with Gasteiger partial charge in [0.25, 0.3) is 5.91 Å². The van der Waals surface area contributed by atoms with Crippen molar-refractivity contribution in [3.63, 3.8) is 0 Å². The Morgan fingerprint density at radius 2 is 1.96 bits per heavy atom. The van der Waals surface area contributed by atoms with Crippen molar-refractivity contribution in [3.05, 3.63) is 47.1 Å². The van der Waals surface area contributed by atoms with Crippen molar-refractivity contribution < 1.29 is 4.79 Å². The van der Waals surface area contributed by atoms with Crippen molar-refractivity contribution >= 4 is 23.1 Å². The summed E-state index contributed by atoms with van der Waals surface area (Å²) in [5.41, 5.74) is 3.97. The topological polar surface area (TPSA) is 72.2 Å². The van der Waals surface area contributed by atoms with Crippen molar-refractivity contribution in [3.8, 4) is 21.8 Å². The SMILES string of the molecule is Cc1sc(-c2cnn3c2CC(=O)N=C3C2CCNCC2)nc1-c1ccccc1. The van der Waals surface area contributed by atoms with Crippen LogP contribution in [-0.4, -0.2) is 39.6 Å². The summed E-state index contributed by atoms with van der Waals surface area (Å²) >= 11 is 1.65. The third-order valence-corrected chi connectivity index (χ3v) is 6.43. The fourth-order valence-electron chi connectivity index (χ4n) is 4.00. The van der Waals surface area contributed by atoms with Gasteiger partial charge in [0.15, 0.2) is 0 Å². The molecular formula is C21H21N5OS.